The van der Waals surface area contributed by atoms with Gasteiger partial charge in [0, 0.05) is 10.8 Å². The summed E-state index contributed by atoms with van der Waals surface area (Å²) in [4.78, 5) is 0. The van der Waals surface area contributed by atoms with E-state index in [1.165, 1.54) is 0 Å². The number of rotatable bonds is 3. The first-order chi connectivity index (χ1) is 14.4. The number of hydrogen-bond acceptors (Lipinski definition) is 8. The fourth-order valence-electron chi connectivity index (χ4n) is 2.86. The van der Waals surface area contributed by atoms with Crippen LogP contribution in [0.15, 0.2) is 53.8 Å². The molecular formula is C21H22N4O4. The molecule has 0 bridgehead atoms. The van der Waals surface area contributed by atoms with E-state index in [2.05, 4.69) is 20.7 Å². The van der Waals surface area contributed by atoms with Crippen LogP contribution >= 0.6 is 0 Å². The molecule has 0 amide bonds. The summed E-state index contributed by atoms with van der Waals surface area (Å²) < 4.78 is 22.5. The van der Waals surface area contributed by atoms with Gasteiger partial charge in [-0.2, -0.15) is 10.2 Å². The Morgan fingerprint density at radius 1 is 0.862 bits per heavy atom. The van der Waals surface area contributed by atoms with Crippen LogP contribution in [0.2, 0.25) is 0 Å². The Kier molecular flexibility index (Phi) is 6.46. The minimum atomic E-state index is 0.431. The highest BCUT2D eigenvalue weighted by atomic mass is 16.6. The van der Waals surface area contributed by atoms with Gasteiger partial charge in [0.1, 0.15) is 13.2 Å². The third-order valence-electron chi connectivity index (χ3n) is 4.26. The fraction of sp³-hybridized carbons (Fsp3) is 0.286. The van der Waals surface area contributed by atoms with Gasteiger partial charge in [0.25, 0.3) is 0 Å². The Morgan fingerprint density at radius 3 is 2.48 bits per heavy atom. The SMILES string of the molecule is C(=N\Nc1nncc2ccccc12)/c1ccc2c(c1)OCCOCCOCCO2. The number of hydrazone groups is 1. The molecule has 0 radical (unpaired) electrons. The van der Waals surface area contributed by atoms with Crippen LogP contribution in [0.3, 0.4) is 0 Å². The molecule has 0 atom stereocenters. The van der Waals surface area contributed by atoms with Crippen LogP contribution in [-0.4, -0.2) is 56.1 Å². The second-order valence-corrected chi connectivity index (χ2v) is 6.28. The van der Waals surface area contributed by atoms with Crippen LogP contribution in [0.25, 0.3) is 10.8 Å². The maximum absolute atomic E-state index is 5.83. The molecule has 0 spiro atoms. The molecule has 1 aliphatic rings. The van der Waals surface area contributed by atoms with Crippen molar-refractivity contribution in [2.45, 2.75) is 0 Å². The highest BCUT2D eigenvalue weighted by Crippen LogP contribution is 2.28. The lowest BCUT2D eigenvalue weighted by Gasteiger charge is -2.15. The van der Waals surface area contributed by atoms with Crippen molar-refractivity contribution < 1.29 is 18.9 Å². The number of fused-ring (bicyclic) bond motifs is 2. The highest BCUT2D eigenvalue weighted by molar-refractivity contribution is 5.91. The summed E-state index contributed by atoms with van der Waals surface area (Å²) in [6, 6.07) is 13.5. The molecular weight excluding hydrogens is 372 g/mol. The Balaban J connectivity index is 1.47. The number of nitrogens with one attached hydrogen (secondary N) is 1. The molecule has 1 aliphatic heterocycles. The van der Waals surface area contributed by atoms with Crippen LogP contribution in [0.4, 0.5) is 5.82 Å². The van der Waals surface area contributed by atoms with E-state index in [4.69, 9.17) is 18.9 Å². The minimum absolute atomic E-state index is 0.431. The normalized spacial score (nSPS) is 15.6. The molecule has 0 saturated carbocycles. The third-order valence-corrected chi connectivity index (χ3v) is 4.26. The van der Waals surface area contributed by atoms with E-state index >= 15 is 0 Å². The van der Waals surface area contributed by atoms with Crippen molar-refractivity contribution in [2.24, 2.45) is 5.10 Å². The lowest BCUT2D eigenvalue weighted by molar-refractivity contribution is 0.0223. The largest absolute Gasteiger partial charge is 0.487 e. The van der Waals surface area contributed by atoms with E-state index in [1.54, 1.807) is 12.4 Å². The van der Waals surface area contributed by atoms with Crippen molar-refractivity contribution in [3.05, 3.63) is 54.2 Å². The average Bonchev–Trinajstić information content (AvgIpc) is 2.75. The summed E-state index contributed by atoms with van der Waals surface area (Å²) in [6.45, 7) is 2.97. The first-order valence-corrected chi connectivity index (χ1v) is 9.45. The molecule has 8 heteroatoms. The zero-order chi connectivity index (χ0) is 19.7. The van der Waals surface area contributed by atoms with Gasteiger partial charge in [-0.3, -0.25) is 5.43 Å². The van der Waals surface area contributed by atoms with Crippen molar-refractivity contribution in [2.75, 3.05) is 45.1 Å². The minimum Gasteiger partial charge on any atom is -0.487 e. The lowest BCUT2D eigenvalue weighted by Crippen LogP contribution is -2.15. The summed E-state index contributed by atoms with van der Waals surface area (Å²) in [5, 5.41) is 14.4. The second-order valence-electron chi connectivity index (χ2n) is 6.28. The van der Waals surface area contributed by atoms with Gasteiger partial charge in [0.2, 0.25) is 0 Å². The van der Waals surface area contributed by atoms with Crippen molar-refractivity contribution in [3.8, 4) is 11.5 Å². The van der Waals surface area contributed by atoms with E-state index < -0.39 is 0 Å². The van der Waals surface area contributed by atoms with Gasteiger partial charge >= 0.3 is 0 Å². The number of anilines is 1. The molecule has 1 N–H and O–H groups in total. The van der Waals surface area contributed by atoms with Gasteiger partial charge in [-0.15, -0.1) is 5.10 Å². The maximum Gasteiger partial charge on any atom is 0.176 e. The van der Waals surface area contributed by atoms with Crippen molar-refractivity contribution in [1.82, 2.24) is 10.2 Å². The summed E-state index contributed by atoms with van der Waals surface area (Å²) in [6.07, 6.45) is 3.42. The molecule has 2 aromatic carbocycles. The zero-order valence-electron chi connectivity index (χ0n) is 15.9. The molecule has 150 valence electrons. The van der Waals surface area contributed by atoms with Gasteiger partial charge in [0.05, 0.1) is 38.8 Å². The first-order valence-electron chi connectivity index (χ1n) is 9.45. The number of ether oxygens (including phenoxy) is 4. The molecule has 0 aliphatic carbocycles. The topological polar surface area (TPSA) is 87.1 Å². The predicted molar refractivity (Wildman–Crippen MR) is 110 cm³/mol. The van der Waals surface area contributed by atoms with Crippen molar-refractivity contribution in [1.29, 1.82) is 0 Å². The fourth-order valence-corrected chi connectivity index (χ4v) is 2.86. The van der Waals surface area contributed by atoms with Crippen LogP contribution in [0.1, 0.15) is 5.56 Å². The molecule has 1 aromatic heterocycles. The van der Waals surface area contributed by atoms with E-state index in [0.717, 1.165) is 16.3 Å². The quantitative estimate of drug-likeness (QED) is 0.540. The lowest BCUT2D eigenvalue weighted by atomic mass is 10.2. The van der Waals surface area contributed by atoms with Crippen LogP contribution < -0.4 is 14.9 Å². The van der Waals surface area contributed by atoms with Gasteiger partial charge in [-0.1, -0.05) is 24.3 Å². The van der Waals surface area contributed by atoms with E-state index in [1.807, 2.05) is 42.5 Å². The van der Waals surface area contributed by atoms with Gasteiger partial charge in [-0.05, 0) is 23.8 Å². The van der Waals surface area contributed by atoms with E-state index in [-0.39, 0.29) is 0 Å². The second kappa shape index (κ2) is 9.81. The number of hydrogen-bond donors (Lipinski definition) is 1. The first kappa shape index (κ1) is 19.1. The summed E-state index contributed by atoms with van der Waals surface area (Å²) in [5.74, 6) is 1.91. The molecule has 0 unspecified atom stereocenters. The molecule has 0 fully saturated rings. The van der Waals surface area contributed by atoms with Gasteiger partial charge < -0.3 is 18.9 Å². The Hall–Kier alpha value is -3.23. The molecule has 2 heterocycles. The molecule has 0 saturated heterocycles. The van der Waals surface area contributed by atoms with Crippen molar-refractivity contribution in [3.63, 3.8) is 0 Å². The smallest absolute Gasteiger partial charge is 0.176 e. The summed E-state index contributed by atoms with van der Waals surface area (Å²) in [5.41, 5.74) is 3.82. The van der Waals surface area contributed by atoms with Crippen molar-refractivity contribution >= 4 is 22.8 Å². The predicted octanol–water partition coefficient (Wildman–Crippen LogP) is 2.88. The number of benzene rings is 2. The average molecular weight is 394 g/mol. The maximum atomic E-state index is 5.83. The molecule has 4 rings (SSSR count). The van der Waals surface area contributed by atoms with E-state index in [9.17, 15) is 0 Å². The van der Waals surface area contributed by atoms with Crippen LogP contribution in [0, 0.1) is 0 Å². The zero-order valence-corrected chi connectivity index (χ0v) is 15.9. The van der Waals surface area contributed by atoms with E-state index in [0.29, 0.717) is 57.0 Å². The Bertz CT molecular complexity index is 975. The molecule has 8 nitrogen and oxygen atoms in total. The van der Waals surface area contributed by atoms with Crippen LogP contribution in [-0.2, 0) is 9.47 Å². The van der Waals surface area contributed by atoms with Gasteiger partial charge in [0.15, 0.2) is 17.3 Å². The monoisotopic (exact) mass is 394 g/mol. The standard InChI is InChI=1S/C21H22N4O4/c1-2-4-18-17(3-1)15-23-25-21(18)24-22-14-16-5-6-19-20(13-16)29-12-10-27-8-7-26-9-11-28-19/h1-6,13-15H,7-12H2,(H,24,25)/b22-14+. The molecule has 3 aromatic rings. The highest BCUT2D eigenvalue weighted by Gasteiger charge is 2.08. The summed E-state index contributed by atoms with van der Waals surface area (Å²) >= 11 is 0. The number of aromatic nitrogens is 2. The summed E-state index contributed by atoms with van der Waals surface area (Å²) in [7, 11) is 0. The Morgan fingerprint density at radius 2 is 1.62 bits per heavy atom. The van der Waals surface area contributed by atoms with Crippen LogP contribution in [0.5, 0.6) is 11.5 Å². The van der Waals surface area contributed by atoms with Gasteiger partial charge in [-0.25, -0.2) is 0 Å². The number of nitrogens with zero attached hydrogens (tertiary/aromatic N) is 3. The third kappa shape index (κ3) is 5.18. The molecule has 29 heavy (non-hydrogen) atoms. The Labute approximate surface area is 168 Å².